The second-order valence-corrected chi connectivity index (χ2v) is 7.15. The van der Waals surface area contributed by atoms with Gasteiger partial charge < -0.3 is 14.6 Å². The standard InChI is InChI=1S/C19H23ClN2O3/c20-16-12-22(17-6-3-5-15(13-23)18(16)17)9-2-1-4-14-7-10-21(11-8-14)19(24)25/h3,5-6,12-14H,1-2,4,7-11H2,(H,24,25). The van der Waals surface area contributed by atoms with Crippen LogP contribution in [0.15, 0.2) is 24.4 Å². The van der Waals surface area contributed by atoms with E-state index in [2.05, 4.69) is 4.57 Å². The number of nitrogens with zero attached hydrogens (tertiary/aromatic N) is 2. The summed E-state index contributed by atoms with van der Waals surface area (Å²) >= 11 is 6.30. The van der Waals surface area contributed by atoms with Crippen molar-refractivity contribution in [1.82, 2.24) is 9.47 Å². The first-order valence-electron chi connectivity index (χ1n) is 8.80. The van der Waals surface area contributed by atoms with Crippen LogP contribution < -0.4 is 0 Å². The van der Waals surface area contributed by atoms with Crippen LogP contribution in [-0.2, 0) is 6.54 Å². The summed E-state index contributed by atoms with van der Waals surface area (Å²) in [4.78, 5) is 23.6. The smallest absolute Gasteiger partial charge is 0.407 e. The maximum absolute atomic E-state index is 11.2. The molecule has 1 amide bonds. The minimum absolute atomic E-state index is 0.624. The third-order valence-corrected chi connectivity index (χ3v) is 5.45. The van der Waals surface area contributed by atoms with Crippen LogP contribution in [0.3, 0.4) is 0 Å². The van der Waals surface area contributed by atoms with E-state index in [9.17, 15) is 9.59 Å². The maximum atomic E-state index is 11.2. The van der Waals surface area contributed by atoms with E-state index >= 15 is 0 Å². The molecule has 1 fully saturated rings. The molecular formula is C19H23ClN2O3. The van der Waals surface area contributed by atoms with Crippen LogP contribution in [0.5, 0.6) is 0 Å². The van der Waals surface area contributed by atoms with E-state index in [1.54, 1.807) is 6.07 Å². The normalized spacial score (nSPS) is 15.6. The predicted molar refractivity (Wildman–Crippen MR) is 98.5 cm³/mol. The van der Waals surface area contributed by atoms with Gasteiger partial charge in [0.1, 0.15) is 0 Å². The number of aryl methyl sites for hydroxylation is 1. The number of likely N-dealkylation sites (tertiary alicyclic amines) is 1. The van der Waals surface area contributed by atoms with Gasteiger partial charge in [0, 0.05) is 36.8 Å². The summed E-state index contributed by atoms with van der Waals surface area (Å²) in [7, 11) is 0. The van der Waals surface area contributed by atoms with Gasteiger partial charge in [-0.2, -0.15) is 0 Å². The lowest BCUT2D eigenvalue weighted by Crippen LogP contribution is -2.37. The van der Waals surface area contributed by atoms with Crippen LogP contribution in [-0.4, -0.2) is 40.0 Å². The van der Waals surface area contributed by atoms with E-state index < -0.39 is 6.09 Å². The Morgan fingerprint density at radius 2 is 2.04 bits per heavy atom. The lowest BCUT2D eigenvalue weighted by Gasteiger charge is -2.29. The molecule has 3 rings (SSSR count). The summed E-state index contributed by atoms with van der Waals surface area (Å²) in [5, 5.41) is 10.4. The molecule has 1 aromatic heterocycles. The number of halogens is 1. The summed E-state index contributed by atoms with van der Waals surface area (Å²) in [6, 6.07) is 5.67. The number of aromatic nitrogens is 1. The quantitative estimate of drug-likeness (QED) is 0.600. The molecule has 1 N–H and O–H groups in total. The van der Waals surface area contributed by atoms with E-state index in [-0.39, 0.29) is 0 Å². The SMILES string of the molecule is O=Cc1cccc2c1c(Cl)cn2CCCCC1CCN(C(=O)O)CC1. The monoisotopic (exact) mass is 362 g/mol. The Bertz CT molecular complexity index is 763. The molecule has 25 heavy (non-hydrogen) atoms. The number of amides is 1. The Labute approximate surface area is 152 Å². The average molecular weight is 363 g/mol. The fourth-order valence-corrected chi connectivity index (χ4v) is 4.06. The lowest BCUT2D eigenvalue weighted by molar-refractivity contribution is 0.112. The second-order valence-electron chi connectivity index (χ2n) is 6.74. The van der Waals surface area contributed by atoms with E-state index in [4.69, 9.17) is 16.7 Å². The van der Waals surface area contributed by atoms with Gasteiger partial charge in [-0.15, -0.1) is 0 Å². The first kappa shape index (κ1) is 17.8. The molecule has 0 atom stereocenters. The van der Waals surface area contributed by atoms with Gasteiger partial charge in [0.25, 0.3) is 0 Å². The van der Waals surface area contributed by atoms with E-state index in [0.717, 1.165) is 55.8 Å². The topological polar surface area (TPSA) is 62.5 Å². The van der Waals surface area contributed by atoms with Crippen LogP contribution in [0, 0.1) is 5.92 Å². The molecule has 2 heterocycles. The molecule has 0 radical (unpaired) electrons. The van der Waals surface area contributed by atoms with Crippen molar-refractivity contribution in [2.24, 2.45) is 5.92 Å². The van der Waals surface area contributed by atoms with Crippen molar-refractivity contribution < 1.29 is 14.7 Å². The van der Waals surface area contributed by atoms with Gasteiger partial charge in [-0.05, 0) is 31.2 Å². The van der Waals surface area contributed by atoms with Gasteiger partial charge in [-0.1, -0.05) is 36.6 Å². The van der Waals surface area contributed by atoms with Crippen molar-refractivity contribution in [1.29, 1.82) is 0 Å². The number of hydrogen-bond donors (Lipinski definition) is 1. The molecule has 1 saturated heterocycles. The number of rotatable bonds is 6. The van der Waals surface area contributed by atoms with E-state index in [1.807, 2.05) is 18.3 Å². The zero-order chi connectivity index (χ0) is 17.8. The molecule has 0 bridgehead atoms. The molecule has 5 nitrogen and oxygen atoms in total. The highest BCUT2D eigenvalue weighted by Crippen LogP contribution is 2.29. The Balaban J connectivity index is 1.51. The molecule has 0 unspecified atom stereocenters. The van der Waals surface area contributed by atoms with Crippen molar-refractivity contribution in [3.05, 3.63) is 35.0 Å². The zero-order valence-electron chi connectivity index (χ0n) is 14.2. The van der Waals surface area contributed by atoms with Crippen LogP contribution in [0.1, 0.15) is 42.5 Å². The molecular weight excluding hydrogens is 340 g/mol. The highest BCUT2D eigenvalue weighted by molar-refractivity contribution is 6.36. The average Bonchev–Trinajstić information content (AvgIpc) is 2.95. The summed E-state index contributed by atoms with van der Waals surface area (Å²) in [5.41, 5.74) is 1.64. The molecule has 6 heteroatoms. The molecule has 0 spiro atoms. The van der Waals surface area contributed by atoms with Gasteiger partial charge in [0.05, 0.1) is 10.5 Å². The number of benzene rings is 1. The summed E-state index contributed by atoms with van der Waals surface area (Å²) < 4.78 is 2.12. The zero-order valence-corrected chi connectivity index (χ0v) is 14.9. The van der Waals surface area contributed by atoms with Crippen LogP contribution in [0.2, 0.25) is 5.02 Å². The molecule has 1 aliphatic heterocycles. The number of carboxylic acid groups (broad SMARTS) is 1. The maximum Gasteiger partial charge on any atom is 0.407 e. The number of fused-ring (bicyclic) bond motifs is 1. The Kier molecular flexibility index (Phi) is 5.63. The number of unbranched alkanes of at least 4 members (excludes halogenated alkanes) is 1. The summed E-state index contributed by atoms with van der Waals surface area (Å²) in [6.07, 6.45) is 7.18. The van der Waals surface area contributed by atoms with Crippen LogP contribution in [0.4, 0.5) is 4.79 Å². The van der Waals surface area contributed by atoms with Crippen molar-refractivity contribution in [2.45, 2.75) is 38.6 Å². The van der Waals surface area contributed by atoms with Crippen LogP contribution >= 0.6 is 11.6 Å². The predicted octanol–water partition coefficient (Wildman–Crippen LogP) is 4.67. The fraction of sp³-hybridized carbons (Fsp3) is 0.474. The molecule has 0 saturated carbocycles. The number of carbonyl (C=O) groups excluding carboxylic acids is 1. The van der Waals surface area contributed by atoms with Gasteiger partial charge in [0.15, 0.2) is 6.29 Å². The fourth-order valence-electron chi connectivity index (χ4n) is 3.74. The first-order chi connectivity index (χ1) is 12.1. The molecule has 1 aromatic carbocycles. The van der Waals surface area contributed by atoms with Crippen molar-refractivity contribution in [2.75, 3.05) is 13.1 Å². The minimum Gasteiger partial charge on any atom is -0.465 e. The Morgan fingerprint density at radius 1 is 1.28 bits per heavy atom. The number of aldehydes is 1. The number of piperidine rings is 1. The lowest BCUT2D eigenvalue weighted by atomic mass is 9.92. The molecule has 1 aliphatic rings. The highest BCUT2D eigenvalue weighted by atomic mass is 35.5. The van der Waals surface area contributed by atoms with Crippen molar-refractivity contribution in [3.63, 3.8) is 0 Å². The van der Waals surface area contributed by atoms with Gasteiger partial charge in [-0.25, -0.2) is 4.79 Å². The minimum atomic E-state index is -0.801. The highest BCUT2D eigenvalue weighted by Gasteiger charge is 2.21. The second kappa shape index (κ2) is 7.91. The summed E-state index contributed by atoms with van der Waals surface area (Å²) in [5.74, 6) is 0.627. The van der Waals surface area contributed by atoms with Crippen molar-refractivity contribution >= 4 is 34.9 Å². The summed E-state index contributed by atoms with van der Waals surface area (Å²) in [6.45, 7) is 2.19. The molecule has 0 aliphatic carbocycles. The van der Waals surface area contributed by atoms with Gasteiger partial charge >= 0.3 is 6.09 Å². The third kappa shape index (κ3) is 3.98. The Hall–Kier alpha value is -2.01. The number of carbonyl (C=O) groups is 2. The largest absolute Gasteiger partial charge is 0.465 e. The number of hydrogen-bond acceptors (Lipinski definition) is 2. The first-order valence-corrected chi connectivity index (χ1v) is 9.18. The van der Waals surface area contributed by atoms with Crippen LogP contribution in [0.25, 0.3) is 10.9 Å². The van der Waals surface area contributed by atoms with E-state index in [1.165, 1.54) is 4.90 Å². The Morgan fingerprint density at radius 3 is 2.72 bits per heavy atom. The molecule has 134 valence electrons. The molecule has 2 aromatic rings. The van der Waals surface area contributed by atoms with Crippen molar-refractivity contribution in [3.8, 4) is 0 Å². The van der Waals surface area contributed by atoms with E-state index in [0.29, 0.717) is 29.6 Å². The third-order valence-electron chi connectivity index (χ3n) is 5.17. The van der Waals surface area contributed by atoms with Gasteiger partial charge in [-0.3, -0.25) is 4.79 Å². The van der Waals surface area contributed by atoms with Gasteiger partial charge in [0.2, 0.25) is 0 Å².